The number of hydrogen-bond donors (Lipinski definition) is 0. The highest BCUT2D eigenvalue weighted by atomic mass is 35.5. The van der Waals surface area contributed by atoms with E-state index in [1.54, 1.807) is 9.42 Å². The number of amides is 2. The van der Waals surface area contributed by atoms with E-state index in [1.165, 1.54) is 0 Å². The molecule has 2 aliphatic heterocycles. The van der Waals surface area contributed by atoms with Crippen LogP contribution in [0.25, 0.3) is 5.65 Å². The number of piperazine rings is 1. The molecule has 0 N–H and O–H groups in total. The van der Waals surface area contributed by atoms with Crippen LogP contribution < -0.4 is 0 Å². The van der Waals surface area contributed by atoms with Crippen LogP contribution in [0.3, 0.4) is 0 Å². The highest BCUT2D eigenvalue weighted by Gasteiger charge is 2.33. The lowest BCUT2D eigenvalue weighted by Gasteiger charge is -2.39. The van der Waals surface area contributed by atoms with Gasteiger partial charge in [0.1, 0.15) is 5.60 Å². The zero-order valence-electron chi connectivity index (χ0n) is 22.9. The summed E-state index contributed by atoms with van der Waals surface area (Å²) in [5.41, 5.74) is 5.38. The summed E-state index contributed by atoms with van der Waals surface area (Å²) in [6, 6.07) is 7.84. The predicted octanol–water partition coefficient (Wildman–Crippen LogP) is 4.77. The third kappa shape index (κ3) is 4.85. The first-order chi connectivity index (χ1) is 17.9. The fraction of sp³-hybridized carbons (Fsp3) is 0.500. The molecule has 3 aromatic rings. The average molecular weight is 539 g/mol. The number of halogens is 1. The minimum absolute atomic E-state index is 0.0154. The number of carbonyl (C=O) groups is 2. The van der Waals surface area contributed by atoms with E-state index in [0.717, 1.165) is 33.9 Å². The fourth-order valence-electron chi connectivity index (χ4n) is 5.30. The van der Waals surface area contributed by atoms with Gasteiger partial charge in [0.15, 0.2) is 5.65 Å². The molecule has 1 fully saturated rings. The van der Waals surface area contributed by atoms with E-state index in [0.29, 0.717) is 49.9 Å². The van der Waals surface area contributed by atoms with E-state index >= 15 is 0 Å². The summed E-state index contributed by atoms with van der Waals surface area (Å²) in [5, 5.41) is 5.33. The van der Waals surface area contributed by atoms with Crippen molar-refractivity contribution in [2.45, 2.75) is 66.3 Å². The Hall–Kier alpha value is -3.17. The van der Waals surface area contributed by atoms with Gasteiger partial charge < -0.3 is 14.5 Å². The van der Waals surface area contributed by atoms with Gasteiger partial charge in [-0.1, -0.05) is 29.8 Å². The van der Waals surface area contributed by atoms with Gasteiger partial charge in [0.2, 0.25) is 0 Å². The van der Waals surface area contributed by atoms with Gasteiger partial charge in [0, 0.05) is 43.3 Å². The van der Waals surface area contributed by atoms with Gasteiger partial charge in [-0.15, -0.1) is 0 Å². The molecule has 0 bridgehead atoms. The molecule has 2 amide bonds. The summed E-state index contributed by atoms with van der Waals surface area (Å²) in [6.07, 6.45) is -0.276. The zero-order valence-corrected chi connectivity index (χ0v) is 23.7. The number of aryl methyl sites for hydroxylation is 2. The van der Waals surface area contributed by atoms with E-state index in [1.807, 2.05) is 63.8 Å². The highest BCUT2D eigenvalue weighted by molar-refractivity contribution is 6.31. The normalized spacial score (nSPS) is 17.1. The van der Waals surface area contributed by atoms with Crippen molar-refractivity contribution in [3.05, 3.63) is 63.1 Å². The van der Waals surface area contributed by atoms with E-state index in [-0.39, 0.29) is 18.0 Å². The number of benzene rings is 1. The van der Waals surface area contributed by atoms with Crippen LogP contribution in [-0.2, 0) is 17.8 Å². The van der Waals surface area contributed by atoms with Gasteiger partial charge in [-0.2, -0.15) is 5.10 Å². The summed E-state index contributed by atoms with van der Waals surface area (Å²) < 4.78 is 7.32. The first-order valence-corrected chi connectivity index (χ1v) is 13.5. The van der Waals surface area contributed by atoms with Crippen molar-refractivity contribution in [3.63, 3.8) is 0 Å². The maximum Gasteiger partial charge on any atom is 0.410 e. The molecule has 0 radical (unpaired) electrons. The lowest BCUT2D eigenvalue weighted by Crippen LogP contribution is -2.50. The standard InChI is InChI=1S/C28H35ClN6O3/c1-17-24(29)19(3)35-25(30-17)22-15-34(16-23(22)31-35)26(36)21-10-8-7-9-20(21)18(2)32-11-13-33(14-12-32)27(37)38-28(4,5)6/h7-10,18H,11-16H2,1-6H3. The smallest absolute Gasteiger partial charge is 0.410 e. The molecule has 4 heterocycles. The van der Waals surface area contributed by atoms with Crippen LogP contribution in [0.2, 0.25) is 5.02 Å². The summed E-state index contributed by atoms with van der Waals surface area (Å²) >= 11 is 6.38. The third-order valence-electron chi connectivity index (χ3n) is 7.40. The Kier molecular flexibility index (Phi) is 6.86. The summed E-state index contributed by atoms with van der Waals surface area (Å²) in [5.74, 6) is -0.0154. The number of carbonyl (C=O) groups excluding carboxylic acids is 2. The molecule has 10 heteroatoms. The topological polar surface area (TPSA) is 83.3 Å². The molecule has 1 saturated heterocycles. The Balaban J connectivity index is 1.30. The number of nitrogens with zero attached hydrogens (tertiary/aromatic N) is 6. The van der Waals surface area contributed by atoms with Gasteiger partial charge in [-0.25, -0.2) is 14.3 Å². The number of fused-ring (bicyclic) bond motifs is 3. The average Bonchev–Trinajstić information content (AvgIpc) is 3.45. The molecule has 1 aromatic carbocycles. The van der Waals surface area contributed by atoms with Crippen LogP contribution in [0.1, 0.15) is 72.3 Å². The predicted molar refractivity (Wildman–Crippen MR) is 145 cm³/mol. The van der Waals surface area contributed by atoms with Crippen molar-refractivity contribution in [3.8, 4) is 0 Å². The number of rotatable bonds is 3. The molecule has 0 aliphatic carbocycles. The second-order valence-corrected chi connectivity index (χ2v) is 11.6. The third-order valence-corrected chi connectivity index (χ3v) is 7.94. The van der Waals surface area contributed by atoms with Crippen molar-refractivity contribution in [2.75, 3.05) is 26.2 Å². The Morgan fingerprint density at radius 2 is 1.71 bits per heavy atom. The van der Waals surface area contributed by atoms with Gasteiger partial charge in [-0.3, -0.25) is 9.69 Å². The zero-order chi connectivity index (χ0) is 27.4. The van der Waals surface area contributed by atoms with E-state index in [2.05, 4.69) is 16.8 Å². The second kappa shape index (κ2) is 9.85. The second-order valence-electron chi connectivity index (χ2n) is 11.2. The summed E-state index contributed by atoms with van der Waals surface area (Å²) in [7, 11) is 0. The molecule has 38 heavy (non-hydrogen) atoms. The van der Waals surface area contributed by atoms with E-state index in [4.69, 9.17) is 21.4 Å². The Labute approximate surface area is 228 Å². The number of aromatic nitrogens is 3. The van der Waals surface area contributed by atoms with Gasteiger partial charge in [0.05, 0.1) is 35.2 Å². The van der Waals surface area contributed by atoms with Gasteiger partial charge >= 0.3 is 6.09 Å². The molecule has 202 valence electrons. The SMILES string of the molecule is Cc1nc2c3c(nn2c(C)c1Cl)CN(C(=O)c1ccccc1C(C)N1CCN(C(=O)OC(C)(C)C)CC1)C3. The first-order valence-electron chi connectivity index (χ1n) is 13.1. The van der Waals surface area contributed by atoms with Crippen molar-refractivity contribution >= 4 is 29.2 Å². The van der Waals surface area contributed by atoms with E-state index in [9.17, 15) is 9.59 Å². The lowest BCUT2D eigenvalue weighted by atomic mass is 9.98. The number of ether oxygens (including phenoxy) is 1. The Morgan fingerprint density at radius 3 is 2.39 bits per heavy atom. The number of hydrogen-bond acceptors (Lipinski definition) is 6. The molecule has 0 spiro atoms. The van der Waals surface area contributed by atoms with Crippen LogP contribution >= 0.6 is 11.6 Å². The van der Waals surface area contributed by atoms with Crippen molar-refractivity contribution in [1.29, 1.82) is 0 Å². The van der Waals surface area contributed by atoms with E-state index < -0.39 is 5.60 Å². The molecule has 1 unspecified atom stereocenters. The summed E-state index contributed by atoms with van der Waals surface area (Å²) in [6.45, 7) is 15.1. The van der Waals surface area contributed by atoms with Crippen molar-refractivity contribution in [2.24, 2.45) is 0 Å². The Morgan fingerprint density at radius 1 is 1.03 bits per heavy atom. The molecule has 0 saturated carbocycles. The quantitative estimate of drug-likeness (QED) is 0.478. The van der Waals surface area contributed by atoms with Crippen LogP contribution in [-0.4, -0.2) is 73.1 Å². The highest BCUT2D eigenvalue weighted by Crippen LogP contribution is 2.32. The molecular weight excluding hydrogens is 504 g/mol. The maximum absolute atomic E-state index is 13.8. The lowest BCUT2D eigenvalue weighted by molar-refractivity contribution is 0.0110. The monoisotopic (exact) mass is 538 g/mol. The Bertz CT molecular complexity index is 1400. The molecule has 2 aliphatic rings. The molecule has 1 atom stereocenters. The van der Waals surface area contributed by atoms with Gasteiger partial charge in [-0.05, 0) is 53.2 Å². The first kappa shape index (κ1) is 26.4. The minimum Gasteiger partial charge on any atom is -0.444 e. The van der Waals surface area contributed by atoms with Crippen molar-refractivity contribution < 1.29 is 14.3 Å². The molecule has 5 rings (SSSR count). The maximum atomic E-state index is 13.8. The summed E-state index contributed by atoms with van der Waals surface area (Å²) in [4.78, 5) is 36.8. The van der Waals surface area contributed by atoms with Gasteiger partial charge in [0.25, 0.3) is 5.91 Å². The largest absolute Gasteiger partial charge is 0.444 e. The van der Waals surface area contributed by atoms with Crippen LogP contribution in [0.15, 0.2) is 24.3 Å². The molecule has 2 aromatic heterocycles. The van der Waals surface area contributed by atoms with Crippen molar-refractivity contribution in [1.82, 2.24) is 29.3 Å². The molecular formula is C28H35ClN6O3. The molecule has 9 nitrogen and oxygen atoms in total. The minimum atomic E-state index is -0.514. The van der Waals surface area contributed by atoms with Crippen LogP contribution in [0.5, 0.6) is 0 Å². The van der Waals surface area contributed by atoms with Crippen LogP contribution in [0.4, 0.5) is 4.79 Å². The van der Waals surface area contributed by atoms with Crippen LogP contribution in [0, 0.1) is 13.8 Å². The fourth-order valence-corrected chi connectivity index (χ4v) is 5.42.